The molecule has 2 atom stereocenters. The molecule has 0 amide bonds. The highest BCUT2D eigenvalue weighted by atomic mass is 15.2. The van der Waals surface area contributed by atoms with Crippen LogP contribution in [0.3, 0.4) is 0 Å². The number of amidine groups is 2. The Morgan fingerprint density at radius 3 is 1.29 bits per heavy atom. The zero-order valence-corrected chi connectivity index (χ0v) is 37.5. The molecule has 4 aliphatic carbocycles. The Kier molecular flexibility index (Phi) is 8.49. The van der Waals surface area contributed by atoms with Crippen molar-refractivity contribution in [3.05, 3.63) is 279 Å². The Morgan fingerprint density at radius 1 is 0.409 bits per heavy atom. The molecule has 1 aliphatic heterocycles. The van der Waals surface area contributed by atoms with Crippen molar-refractivity contribution in [2.45, 2.75) is 56.0 Å². The summed E-state index contributed by atoms with van der Waals surface area (Å²) in [5.74, 6) is 1.77. The fourth-order valence-electron chi connectivity index (χ4n) is 12.6. The molecule has 8 aromatic carbocycles. The summed E-state index contributed by atoms with van der Waals surface area (Å²) in [5.41, 5.74) is 19.8. The molecule has 0 bridgehead atoms. The van der Waals surface area contributed by atoms with E-state index in [1.54, 1.807) is 0 Å². The van der Waals surface area contributed by atoms with Gasteiger partial charge in [0.1, 0.15) is 22.5 Å². The summed E-state index contributed by atoms with van der Waals surface area (Å²) in [7, 11) is 0. The van der Waals surface area contributed by atoms with Crippen LogP contribution in [0.2, 0.25) is 0 Å². The van der Waals surface area contributed by atoms with E-state index in [1.807, 2.05) is 0 Å². The van der Waals surface area contributed by atoms with Gasteiger partial charge in [-0.25, -0.2) is 9.98 Å². The molecule has 0 saturated heterocycles. The van der Waals surface area contributed by atoms with E-state index in [4.69, 9.17) is 9.98 Å². The van der Waals surface area contributed by atoms with E-state index in [2.05, 4.69) is 232 Å². The number of benzene rings is 8. The van der Waals surface area contributed by atoms with Gasteiger partial charge in [0.05, 0.1) is 5.41 Å². The molecule has 1 heterocycles. The first-order valence-electron chi connectivity index (χ1n) is 23.5. The largest absolute Gasteiger partial charge is 0.330 e. The summed E-state index contributed by atoms with van der Waals surface area (Å²) < 4.78 is 0. The summed E-state index contributed by atoms with van der Waals surface area (Å²) in [5, 5.41) is 4.31. The van der Waals surface area contributed by atoms with Gasteiger partial charge in [-0.05, 0) is 117 Å². The standard InChI is InChI=1S/C63H49N3/c1-40-28-34-43(35-29-40)61(52-22-10-4-16-46(52)47-17-5-11-23-53(47)61)58-64-59(62(44-36-30-41(2)31-37-44)54-24-12-6-18-48(54)49-19-7-13-25-55(49)62)66-60(65-58)63(45-38-32-42(3)33-39-45)56-26-14-8-20-50(56)51-21-9-15-27-57(51)63/h4-8,10-20,22-39,58H,9,21H2,1-3H3,(H,64,65,66). The smallest absolute Gasteiger partial charge is 0.161 e. The molecule has 13 rings (SSSR count). The van der Waals surface area contributed by atoms with Crippen molar-refractivity contribution in [1.29, 1.82) is 0 Å². The SMILES string of the molecule is Cc1ccc(C2(C3=NC(C4(c5ccc(C)cc5)c5ccccc5-c5ccccc54)N=C(C4(c5ccc(C)cc5)c5ccccc5-c5ccccc54)N3)C3=C(CCC=C3)c3ccccc32)cc1. The Hall–Kier alpha value is -7.62. The predicted molar refractivity (Wildman–Crippen MR) is 271 cm³/mol. The van der Waals surface area contributed by atoms with Crippen LogP contribution >= 0.6 is 0 Å². The topological polar surface area (TPSA) is 36.8 Å². The number of nitrogens with one attached hydrogen (secondary N) is 1. The number of rotatable bonds is 6. The number of allylic oxidation sites excluding steroid dienone is 3. The summed E-state index contributed by atoms with van der Waals surface area (Å²) in [4.78, 5) is 12.6. The van der Waals surface area contributed by atoms with Crippen molar-refractivity contribution in [1.82, 2.24) is 5.32 Å². The number of aryl methyl sites for hydroxylation is 3. The maximum absolute atomic E-state index is 6.30. The van der Waals surface area contributed by atoms with Crippen molar-refractivity contribution in [2.24, 2.45) is 9.98 Å². The lowest BCUT2D eigenvalue weighted by Crippen LogP contribution is -2.58. The minimum atomic E-state index is -0.821. The molecule has 1 N–H and O–H groups in total. The molecule has 0 fully saturated rings. The summed E-state index contributed by atoms with van der Waals surface area (Å²) in [6, 6.07) is 72.8. The van der Waals surface area contributed by atoms with Crippen LogP contribution in [0.15, 0.2) is 222 Å². The van der Waals surface area contributed by atoms with E-state index >= 15 is 0 Å². The van der Waals surface area contributed by atoms with Crippen LogP contribution in [-0.2, 0) is 16.2 Å². The number of hydrogen-bond donors (Lipinski definition) is 1. The molecule has 5 aliphatic rings. The van der Waals surface area contributed by atoms with Crippen LogP contribution in [-0.4, -0.2) is 17.8 Å². The zero-order valence-electron chi connectivity index (χ0n) is 37.5. The monoisotopic (exact) mass is 847 g/mol. The van der Waals surface area contributed by atoms with Gasteiger partial charge in [-0.15, -0.1) is 0 Å². The first-order chi connectivity index (χ1) is 32.4. The van der Waals surface area contributed by atoms with Gasteiger partial charge in [0.25, 0.3) is 0 Å². The van der Waals surface area contributed by atoms with Gasteiger partial charge in [-0.2, -0.15) is 0 Å². The highest BCUT2D eigenvalue weighted by Gasteiger charge is 2.58. The summed E-state index contributed by atoms with van der Waals surface area (Å²) >= 11 is 0. The molecule has 8 aromatic rings. The van der Waals surface area contributed by atoms with Gasteiger partial charge in [0.2, 0.25) is 0 Å². The average Bonchev–Trinajstić information content (AvgIpc) is 3.96. The van der Waals surface area contributed by atoms with Gasteiger partial charge < -0.3 is 5.32 Å². The lowest BCUT2D eigenvalue weighted by Gasteiger charge is -2.45. The average molecular weight is 848 g/mol. The van der Waals surface area contributed by atoms with Crippen LogP contribution in [0.5, 0.6) is 0 Å². The maximum Gasteiger partial charge on any atom is 0.161 e. The Bertz CT molecular complexity index is 3330. The zero-order chi connectivity index (χ0) is 44.2. The van der Waals surface area contributed by atoms with E-state index in [-0.39, 0.29) is 0 Å². The lowest BCUT2D eigenvalue weighted by atomic mass is 9.66. The Balaban J connectivity index is 1.21. The summed E-state index contributed by atoms with van der Waals surface area (Å²) in [6.45, 7) is 6.54. The molecule has 0 saturated carbocycles. The molecule has 316 valence electrons. The predicted octanol–water partition coefficient (Wildman–Crippen LogP) is 13.8. The van der Waals surface area contributed by atoms with E-state index in [9.17, 15) is 0 Å². The molecule has 0 radical (unpaired) electrons. The first kappa shape index (κ1) is 38.8. The van der Waals surface area contributed by atoms with E-state index in [1.165, 1.54) is 100 Å². The Labute approximate surface area is 387 Å². The van der Waals surface area contributed by atoms with Crippen LogP contribution in [0.1, 0.15) is 79.6 Å². The van der Waals surface area contributed by atoms with E-state index in [0.29, 0.717) is 0 Å². The maximum atomic E-state index is 6.30. The number of hydrogen-bond acceptors (Lipinski definition) is 3. The second-order valence-electron chi connectivity index (χ2n) is 18.9. The minimum Gasteiger partial charge on any atom is -0.330 e. The van der Waals surface area contributed by atoms with Gasteiger partial charge in [-0.3, -0.25) is 0 Å². The molecule has 2 unspecified atom stereocenters. The number of nitrogens with zero attached hydrogens (tertiary/aromatic N) is 2. The minimum absolute atomic E-state index is 0.634. The fourth-order valence-corrected chi connectivity index (χ4v) is 12.6. The number of fused-ring (bicyclic) bond motifs is 8. The molecule has 66 heavy (non-hydrogen) atoms. The van der Waals surface area contributed by atoms with Gasteiger partial charge in [0, 0.05) is 0 Å². The molecular formula is C63H49N3. The van der Waals surface area contributed by atoms with Crippen molar-refractivity contribution < 1.29 is 0 Å². The van der Waals surface area contributed by atoms with Crippen molar-refractivity contribution >= 4 is 17.2 Å². The van der Waals surface area contributed by atoms with Gasteiger partial charge in [0.15, 0.2) is 6.17 Å². The van der Waals surface area contributed by atoms with Gasteiger partial charge >= 0.3 is 0 Å². The normalized spacial score (nSPS) is 20.0. The van der Waals surface area contributed by atoms with Crippen molar-refractivity contribution in [3.63, 3.8) is 0 Å². The second-order valence-corrected chi connectivity index (χ2v) is 18.9. The second kappa shape index (κ2) is 14.4. The van der Waals surface area contributed by atoms with Crippen LogP contribution < -0.4 is 5.32 Å². The Morgan fingerprint density at radius 2 is 0.788 bits per heavy atom. The molecule has 3 nitrogen and oxygen atoms in total. The molecule has 0 aromatic heterocycles. The van der Waals surface area contributed by atoms with Crippen LogP contribution in [0, 0.1) is 20.8 Å². The number of aliphatic imine (C=N–C) groups is 2. The van der Waals surface area contributed by atoms with Crippen LogP contribution in [0.4, 0.5) is 0 Å². The summed E-state index contributed by atoms with van der Waals surface area (Å²) in [6.07, 6.45) is 6.12. The lowest BCUT2D eigenvalue weighted by molar-refractivity contribution is 0.487. The van der Waals surface area contributed by atoms with Crippen LogP contribution in [0.25, 0.3) is 27.8 Å². The molecule has 0 spiro atoms. The van der Waals surface area contributed by atoms with E-state index < -0.39 is 22.4 Å². The van der Waals surface area contributed by atoms with Gasteiger partial charge in [-0.1, -0.05) is 223 Å². The highest BCUT2D eigenvalue weighted by molar-refractivity contribution is 6.19. The van der Waals surface area contributed by atoms with Crippen molar-refractivity contribution in [3.8, 4) is 22.3 Å². The van der Waals surface area contributed by atoms with Crippen molar-refractivity contribution in [2.75, 3.05) is 0 Å². The third kappa shape index (κ3) is 5.09. The highest BCUT2D eigenvalue weighted by Crippen LogP contribution is 2.60. The molecular weight excluding hydrogens is 799 g/mol. The third-order valence-electron chi connectivity index (χ3n) is 15.5. The first-order valence-corrected chi connectivity index (χ1v) is 23.5. The molecule has 3 heteroatoms. The van der Waals surface area contributed by atoms with E-state index in [0.717, 1.165) is 24.5 Å². The fraction of sp³-hybridized carbons (Fsp3) is 0.143. The quantitative estimate of drug-likeness (QED) is 0.178. The third-order valence-corrected chi connectivity index (χ3v) is 15.5.